The highest BCUT2D eigenvalue weighted by atomic mass is 31.3. The Morgan fingerprint density at radius 2 is 1.44 bits per heavy atom. The first-order valence-electron chi connectivity index (χ1n) is 11.3. The first-order chi connectivity index (χ1) is 19.9. The molecular formula is C17H23N5O17P4. The Labute approximate surface area is 240 Å². The van der Waals surface area contributed by atoms with Crippen LogP contribution in [0, 0.1) is 0 Å². The zero-order valence-electron chi connectivity index (χ0n) is 21.3. The Kier molecular flexibility index (Phi) is 9.80. The maximum Gasteiger partial charge on any atom is 0.536 e. The number of rotatable bonds is 13. The molecular weight excluding hydrogens is 670 g/mol. The number of phosphoric acid groups is 4. The number of nitrogen functional groups attached to an aromatic ring is 1. The van der Waals surface area contributed by atoms with Crippen molar-refractivity contribution in [1.29, 1.82) is 0 Å². The van der Waals surface area contributed by atoms with Gasteiger partial charge in [0.2, 0.25) is 0 Å². The van der Waals surface area contributed by atoms with E-state index >= 15 is 0 Å². The minimum atomic E-state index is -6.06. The van der Waals surface area contributed by atoms with E-state index in [2.05, 4.69) is 36.9 Å². The molecule has 26 heteroatoms. The van der Waals surface area contributed by atoms with Crippen LogP contribution >= 0.6 is 31.3 Å². The minimum absolute atomic E-state index is 0.00934. The molecule has 43 heavy (non-hydrogen) atoms. The predicted octanol–water partition coefficient (Wildman–Crippen LogP) is 0.583. The monoisotopic (exact) mass is 693 g/mol. The number of hydrogen-bond acceptors (Lipinski definition) is 17. The molecule has 0 saturated carbocycles. The van der Waals surface area contributed by atoms with Crippen molar-refractivity contribution < 1.29 is 79.5 Å². The Hall–Kier alpha value is -2.35. The predicted molar refractivity (Wildman–Crippen MR) is 138 cm³/mol. The highest BCUT2D eigenvalue weighted by Gasteiger charge is 2.48. The average Bonchev–Trinajstić information content (AvgIpc) is 3.42. The van der Waals surface area contributed by atoms with Gasteiger partial charge in [-0.2, -0.15) is 12.9 Å². The van der Waals surface area contributed by atoms with Crippen LogP contribution in [0.25, 0.3) is 11.2 Å². The number of anilines is 1. The summed E-state index contributed by atoms with van der Waals surface area (Å²) in [5.41, 5.74) is 5.96. The lowest BCUT2D eigenvalue weighted by Gasteiger charge is -2.21. The van der Waals surface area contributed by atoms with E-state index in [-0.39, 0.29) is 22.7 Å². The van der Waals surface area contributed by atoms with Gasteiger partial charge in [-0.15, -0.1) is 0 Å². The van der Waals surface area contributed by atoms with Gasteiger partial charge in [0.05, 0.1) is 20.0 Å². The summed E-state index contributed by atoms with van der Waals surface area (Å²) >= 11 is 0. The number of nitrogens with zero attached hydrogens (tertiary/aromatic N) is 4. The lowest BCUT2D eigenvalue weighted by molar-refractivity contribution is -0.0503. The summed E-state index contributed by atoms with van der Waals surface area (Å²) < 4.78 is 80.7. The van der Waals surface area contributed by atoms with E-state index < -0.39 is 62.4 Å². The minimum Gasteiger partial charge on any atom is -0.497 e. The van der Waals surface area contributed by atoms with Gasteiger partial charge < -0.3 is 44.6 Å². The topological polar surface area (TPSA) is 324 Å². The van der Waals surface area contributed by atoms with E-state index in [1.165, 1.54) is 30.1 Å². The maximum atomic E-state index is 12.3. The molecule has 0 radical (unpaired) electrons. The van der Waals surface area contributed by atoms with E-state index in [9.17, 15) is 48.0 Å². The number of phosphoric ester groups is 2. The maximum absolute atomic E-state index is 12.3. The van der Waals surface area contributed by atoms with Crippen molar-refractivity contribution in [3.05, 3.63) is 36.9 Å². The number of hydrogen-bond donors (Lipinski definition) is 7. The zero-order valence-corrected chi connectivity index (χ0v) is 24.9. The molecule has 1 fully saturated rings. The molecule has 0 spiro atoms. The normalized spacial score (nSPS) is 26.2. The van der Waals surface area contributed by atoms with Crippen LogP contribution in [0.2, 0.25) is 0 Å². The highest BCUT2D eigenvalue weighted by molar-refractivity contribution is 7.69. The molecule has 0 amide bonds. The molecule has 2 aromatic heterocycles. The van der Waals surface area contributed by atoms with Crippen molar-refractivity contribution in [3.63, 3.8) is 0 Å². The summed E-state index contributed by atoms with van der Waals surface area (Å²) in [6, 6.07) is 4.81. The lowest BCUT2D eigenvalue weighted by atomic mass is 10.1. The van der Waals surface area contributed by atoms with E-state index in [1.54, 1.807) is 0 Å². The van der Waals surface area contributed by atoms with Crippen molar-refractivity contribution in [2.24, 2.45) is 0 Å². The number of aromatic nitrogens is 4. The van der Waals surface area contributed by atoms with E-state index in [1.807, 2.05) is 0 Å². The number of aliphatic hydroxyl groups excluding tert-OH is 2. The molecule has 238 valence electrons. The molecule has 1 aliphatic rings. The second-order valence-corrected chi connectivity index (χ2v) is 14.5. The van der Waals surface area contributed by atoms with Crippen molar-refractivity contribution >= 4 is 48.3 Å². The molecule has 4 rings (SSSR count). The van der Waals surface area contributed by atoms with E-state index in [0.717, 1.165) is 18.5 Å². The summed E-state index contributed by atoms with van der Waals surface area (Å²) in [6.07, 6.45) is -4.06. The van der Waals surface area contributed by atoms with Crippen LogP contribution in [0.5, 0.6) is 11.5 Å². The fourth-order valence-corrected chi connectivity index (χ4v) is 8.50. The third kappa shape index (κ3) is 8.43. The Morgan fingerprint density at radius 1 is 0.860 bits per heavy atom. The van der Waals surface area contributed by atoms with Gasteiger partial charge >= 0.3 is 31.3 Å². The van der Waals surface area contributed by atoms with Crippen LogP contribution in [0.15, 0.2) is 36.9 Å². The third-order valence-corrected chi connectivity index (χ3v) is 11.2. The number of fused-ring (bicyclic) bond motifs is 1. The van der Waals surface area contributed by atoms with Gasteiger partial charge in [-0.1, -0.05) is 0 Å². The fourth-order valence-electron chi connectivity index (χ4n) is 3.55. The van der Waals surface area contributed by atoms with Gasteiger partial charge in [-0.05, 0) is 24.3 Å². The van der Waals surface area contributed by atoms with E-state index in [0.29, 0.717) is 5.75 Å². The van der Waals surface area contributed by atoms with E-state index in [4.69, 9.17) is 15.2 Å². The van der Waals surface area contributed by atoms with Crippen LogP contribution in [-0.2, 0) is 40.5 Å². The molecule has 3 heterocycles. The molecule has 8 atom stereocenters. The summed E-state index contributed by atoms with van der Waals surface area (Å²) in [5.74, 6) is -0.0237. The van der Waals surface area contributed by atoms with Gasteiger partial charge in [-0.25, -0.2) is 33.2 Å². The standard InChI is InChI=1S/C17H23N5O17P4/c1-33-9-2-4-10(5-3-9)36-41(27,28)38-43(31,32)39-42(29,30)37-40(25,26)34-6-11-13(23)14(24)17(35-11)22-8-21-12-15(18)19-7-20-16(12)22/h2-5,7-8,11,13-14,17,23-24H,6H2,1H3,(H,25,26)(H,27,28)(H,29,30)(H,31,32)(H2,18,19,20). The lowest BCUT2D eigenvalue weighted by Crippen LogP contribution is -2.33. The first kappa shape index (κ1) is 33.5. The molecule has 0 aliphatic carbocycles. The SMILES string of the molecule is COc1ccc(OP(=O)(O)OP(=O)(O)OP(=O)(O)OP(=O)(O)OCC2OC(n3cnc4c(N)ncnc43)C(O)C2O)cc1. The number of methoxy groups -OCH3 is 1. The van der Waals surface area contributed by atoms with Crippen molar-refractivity contribution in [2.45, 2.75) is 24.5 Å². The number of ether oxygens (including phenoxy) is 2. The summed E-state index contributed by atoms with van der Waals surface area (Å²) in [7, 11) is -21.9. The summed E-state index contributed by atoms with van der Waals surface area (Å²) in [4.78, 5) is 50.7. The second-order valence-electron chi connectivity index (χ2n) is 8.31. The van der Waals surface area contributed by atoms with Gasteiger partial charge in [0.15, 0.2) is 17.7 Å². The van der Waals surface area contributed by atoms with Crippen LogP contribution in [0.1, 0.15) is 6.23 Å². The number of aliphatic hydroxyl groups is 2. The molecule has 3 aromatic rings. The van der Waals surface area contributed by atoms with Gasteiger partial charge in [0.25, 0.3) is 0 Å². The van der Waals surface area contributed by atoms with Gasteiger partial charge in [0.1, 0.15) is 41.7 Å². The number of nitrogens with two attached hydrogens (primary N) is 1. The van der Waals surface area contributed by atoms with Gasteiger partial charge in [-0.3, -0.25) is 14.0 Å². The summed E-state index contributed by atoms with van der Waals surface area (Å²) in [6.45, 7) is -1.05. The first-order valence-corrected chi connectivity index (χ1v) is 17.3. The van der Waals surface area contributed by atoms with Crippen molar-refractivity contribution in [2.75, 3.05) is 19.5 Å². The molecule has 8 N–H and O–H groups in total. The highest BCUT2D eigenvalue weighted by Crippen LogP contribution is 2.71. The van der Waals surface area contributed by atoms with Crippen molar-refractivity contribution in [3.8, 4) is 11.5 Å². The zero-order chi connectivity index (χ0) is 31.8. The Balaban J connectivity index is 1.34. The largest absolute Gasteiger partial charge is 0.536 e. The molecule has 0 bridgehead atoms. The van der Waals surface area contributed by atoms with Crippen LogP contribution in [0.4, 0.5) is 5.82 Å². The van der Waals surface area contributed by atoms with Crippen LogP contribution in [-0.4, -0.2) is 81.3 Å². The quantitative estimate of drug-likeness (QED) is 0.120. The Morgan fingerprint density at radius 3 is 2.07 bits per heavy atom. The third-order valence-electron chi connectivity index (χ3n) is 5.30. The second kappa shape index (κ2) is 12.6. The molecule has 1 aliphatic heterocycles. The van der Waals surface area contributed by atoms with Gasteiger partial charge in [0, 0.05) is 0 Å². The number of imidazole rings is 1. The fraction of sp³-hybridized carbons (Fsp3) is 0.353. The van der Waals surface area contributed by atoms with Crippen molar-refractivity contribution in [1.82, 2.24) is 19.5 Å². The molecule has 8 unspecified atom stereocenters. The van der Waals surface area contributed by atoms with Crippen LogP contribution in [0.3, 0.4) is 0 Å². The van der Waals surface area contributed by atoms with Crippen LogP contribution < -0.4 is 15.0 Å². The average molecular weight is 693 g/mol. The summed E-state index contributed by atoms with van der Waals surface area (Å²) in [5, 5.41) is 20.8. The Bertz CT molecular complexity index is 1660. The molecule has 22 nitrogen and oxygen atoms in total. The smallest absolute Gasteiger partial charge is 0.497 e. The molecule has 1 saturated heterocycles. The molecule has 1 aromatic carbocycles. The number of benzene rings is 1.